The number of nitrogens with one attached hydrogen (secondary N) is 3. The number of hydrogen-bond donors (Lipinski definition) is 4. The van der Waals surface area contributed by atoms with Crippen molar-refractivity contribution in [1.29, 1.82) is 0 Å². The standard InChI is InChI=1S/C33H61N3O10/c1-2-3-4-5-6-7-8-9-10-11-12-13-14-15-31(39)36-29(33(41)42)16-17-30(38)34-18-21-44-26-27-46-28-32(40)35-19-22-43-24-25-45-23-20-37/h20,29H,2-19,21-28H2,1H3,(H,34,38)(H,35,40)(H,36,39)(H,41,42). The van der Waals surface area contributed by atoms with Crippen LogP contribution in [0.15, 0.2) is 0 Å². The number of carboxylic acids is 1. The molecule has 1 atom stereocenters. The molecule has 0 heterocycles. The van der Waals surface area contributed by atoms with Crippen LogP contribution in [0.5, 0.6) is 0 Å². The van der Waals surface area contributed by atoms with E-state index >= 15 is 0 Å². The highest BCUT2D eigenvalue weighted by molar-refractivity contribution is 5.84. The summed E-state index contributed by atoms with van der Waals surface area (Å²) in [6.07, 6.45) is 16.7. The first-order chi connectivity index (χ1) is 22.4. The summed E-state index contributed by atoms with van der Waals surface area (Å²) in [6.45, 7) is 4.33. The summed E-state index contributed by atoms with van der Waals surface area (Å²) < 4.78 is 20.7. The SMILES string of the molecule is CCCCCCCCCCCCCCCC(=O)NC(CCC(=O)NCCOCCOCC(=O)NCCOCCOCC=O)C(=O)O. The maximum Gasteiger partial charge on any atom is 0.326 e. The van der Waals surface area contributed by atoms with Crippen molar-refractivity contribution in [2.24, 2.45) is 0 Å². The number of carbonyl (C=O) groups is 5. The van der Waals surface area contributed by atoms with Crippen molar-refractivity contribution in [2.75, 3.05) is 65.9 Å². The average Bonchev–Trinajstić information content (AvgIpc) is 3.03. The molecule has 0 rings (SSSR count). The van der Waals surface area contributed by atoms with Crippen LogP contribution in [0, 0.1) is 0 Å². The summed E-state index contributed by atoms with van der Waals surface area (Å²) in [7, 11) is 0. The van der Waals surface area contributed by atoms with Gasteiger partial charge in [0.2, 0.25) is 17.7 Å². The second kappa shape index (κ2) is 33.7. The van der Waals surface area contributed by atoms with Crippen LogP contribution < -0.4 is 16.0 Å². The van der Waals surface area contributed by atoms with Crippen LogP contribution in [0.3, 0.4) is 0 Å². The number of rotatable bonds is 35. The van der Waals surface area contributed by atoms with Gasteiger partial charge in [-0.3, -0.25) is 14.4 Å². The Balaban J connectivity index is 3.69. The Morgan fingerprint density at radius 2 is 1.11 bits per heavy atom. The van der Waals surface area contributed by atoms with E-state index in [2.05, 4.69) is 22.9 Å². The molecule has 13 nitrogen and oxygen atoms in total. The van der Waals surface area contributed by atoms with Gasteiger partial charge in [-0.1, -0.05) is 84.0 Å². The van der Waals surface area contributed by atoms with E-state index in [0.29, 0.717) is 32.7 Å². The van der Waals surface area contributed by atoms with Crippen molar-refractivity contribution in [3.05, 3.63) is 0 Å². The molecule has 0 aromatic rings. The van der Waals surface area contributed by atoms with E-state index in [1.54, 1.807) is 0 Å². The fourth-order valence-electron chi connectivity index (χ4n) is 4.50. The minimum absolute atomic E-state index is 0.00418. The Morgan fingerprint density at radius 3 is 1.65 bits per heavy atom. The predicted molar refractivity (Wildman–Crippen MR) is 174 cm³/mol. The molecular formula is C33H61N3O10. The van der Waals surface area contributed by atoms with Crippen LogP contribution in [0.2, 0.25) is 0 Å². The van der Waals surface area contributed by atoms with Gasteiger partial charge in [0.1, 0.15) is 25.5 Å². The van der Waals surface area contributed by atoms with Crippen LogP contribution in [0.4, 0.5) is 0 Å². The molecule has 0 spiro atoms. The van der Waals surface area contributed by atoms with E-state index in [0.717, 1.165) is 19.3 Å². The van der Waals surface area contributed by atoms with Crippen molar-refractivity contribution in [3.63, 3.8) is 0 Å². The van der Waals surface area contributed by atoms with Crippen molar-refractivity contribution in [1.82, 2.24) is 16.0 Å². The lowest BCUT2D eigenvalue weighted by Gasteiger charge is -2.14. The van der Waals surface area contributed by atoms with Gasteiger partial charge in [0.05, 0.1) is 39.6 Å². The van der Waals surface area contributed by atoms with Crippen LogP contribution in [0.25, 0.3) is 0 Å². The van der Waals surface area contributed by atoms with Gasteiger partial charge in [-0.25, -0.2) is 4.79 Å². The van der Waals surface area contributed by atoms with Crippen LogP contribution in [-0.4, -0.2) is 107 Å². The van der Waals surface area contributed by atoms with Crippen molar-refractivity contribution >= 4 is 30.0 Å². The normalized spacial score (nSPS) is 11.6. The highest BCUT2D eigenvalue weighted by Gasteiger charge is 2.20. The van der Waals surface area contributed by atoms with Crippen LogP contribution >= 0.6 is 0 Å². The van der Waals surface area contributed by atoms with Gasteiger partial charge < -0.3 is 44.8 Å². The molecule has 13 heteroatoms. The zero-order valence-corrected chi connectivity index (χ0v) is 28.2. The summed E-state index contributed by atoms with van der Waals surface area (Å²) >= 11 is 0. The molecule has 0 aliphatic rings. The van der Waals surface area contributed by atoms with Crippen molar-refractivity contribution in [3.8, 4) is 0 Å². The zero-order chi connectivity index (χ0) is 33.9. The van der Waals surface area contributed by atoms with Gasteiger partial charge in [0, 0.05) is 25.9 Å². The second-order valence-corrected chi connectivity index (χ2v) is 11.2. The molecule has 0 saturated carbocycles. The molecule has 268 valence electrons. The molecule has 0 bridgehead atoms. The first-order valence-electron chi connectivity index (χ1n) is 17.2. The van der Waals surface area contributed by atoms with E-state index in [1.807, 2.05) is 0 Å². The smallest absolute Gasteiger partial charge is 0.326 e. The van der Waals surface area contributed by atoms with Gasteiger partial charge in [-0.2, -0.15) is 0 Å². The summed E-state index contributed by atoms with van der Waals surface area (Å²) in [5.74, 6) is -2.07. The van der Waals surface area contributed by atoms with E-state index in [9.17, 15) is 29.1 Å². The predicted octanol–water partition coefficient (Wildman–Crippen LogP) is 3.32. The van der Waals surface area contributed by atoms with Gasteiger partial charge in [-0.15, -0.1) is 0 Å². The Bertz CT molecular complexity index is 785. The number of aldehydes is 1. The monoisotopic (exact) mass is 659 g/mol. The number of aliphatic carboxylic acids is 1. The zero-order valence-electron chi connectivity index (χ0n) is 28.2. The molecule has 0 saturated heterocycles. The van der Waals surface area contributed by atoms with Gasteiger partial charge in [0.25, 0.3) is 0 Å². The van der Waals surface area contributed by atoms with E-state index < -0.39 is 12.0 Å². The average molecular weight is 660 g/mol. The molecule has 4 N–H and O–H groups in total. The maximum absolute atomic E-state index is 12.2. The minimum atomic E-state index is -1.16. The molecule has 3 amide bonds. The summed E-state index contributed by atoms with van der Waals surface area (Å²) in [5.41, 5.74) is 0. The van der Waals surface area contributed by atoms with Gasteiger partial charge in [0.15, 0.2) is 0 Å². The fraction of sp³-hybridized carbons (Fsp3) is 0.848. The minimum Gasteiger partial charge on any atom is -0.480 e. The van der Waals surface area contributed by atoms with E-state index in [4.69, 9.17) is 18.9 Å². The highest BCUT2D eigenvalue weighted by atomic mass is 16.5. The maximum atomic E-state index is 12.2. The third-order valence-corrected chi connectivity index (χ3v) is 7.10. The molecule has 1 unspecified atom stereocenters. The largest absolute Gasteiger partial charge is 0.480 e. The van der Waals surface area contributed by atoms with Crippen LogP contribution in [-0.2, 0) is 42.9 Å². The Morgan fingerprint density at radius 1 is 0.609 bits per heavy atom. The molecule has 0 aromatic carbocycles. The lowest BCUT2D eigenvalue weighted by molar-refractivity contribution is -0.142. The molecule has 0 aliphatic carbocycles. The fourth-order valence-corrected chi connectivity index (χ4v) is 4.50. The third-order valence-electron chi connectivity index (χ3n) is 7.10. The molecule has 0 radical (unpaired) electrons. The summed E-state index contributed by atoms with van der Waals surface area (Å²) in [6, 6.07) is -1.10. The molecule has 46 heavy (non-hydrogen) atoms. The summed E-state index contributed by atoms with van der Waals surface area (Å²) in [5, 5.41) is 17.3. The lowest BCUT2D eigenvalue weighted by atomic mass is 10.0. The molecular weight excluding hydrogens is 598 g/mol. The first kappa shape index (κ1) is 43.4. The highest BCUT2D eigenvalue weighted by Crippen LogP contribution is 2.13. The van der Waals surface area contributed by atoms with Crippen molar-refractivity contribution < 1.29 is 48.0 Å². The van der Waals surface area contributed by atoms with Gasteiger partial charge >= 0.3 is 5.97 Å². The quantitative estimate of drug-likeness (QED) is 0.0583. The van der Waals surface area contributed by atoms with Crippen LogP contribution in [0.1, 0.15) is 110 Å². The van der Waals surface area contributed by atoms with E-state index in [-0.39, 0.29) is 76.6 Å². The Labute approximate surface area is 275 Å². The van der Waals surface area contributed by atoms with Crippen molar-refractivity contribution in [2.45, 2.75) is 116 Å². The number of amides is 3. The molecule has 0 fully saturated rings. The number of carboxylic acid groups (broad SMARTS) is 1. The lowest BCUT2D eigenvalue weighted by Crippen LogP contribution is -2.41. The second-order valence-electron chi connectivity index (χ2n) is 11.2. The van der Waals surface area contributed by atoms with Gasteiger partial charge in [-0.05, 0) is 12.8 Å². The number of unbranched alkanes of at least 4 members (excludes halogenated alkanes) is 12. The first-order valence-corrected chi connectivity index (χ1v) is 17.2. The number of ether oxygens (including phenoxy) is 4. The Kier molecular flexibility index (Phi) is 31.8. The molecule has 0 aliphatic heterocycles. The number of carbonyl (C=O) groups excluding carboxylic acids is 4. The molecule has 0 aromatic heterocycles. The Hall–Kier alpha value is -2.61. The van der Waals surface area contributed by atoms with E-state index in [1.165, 1.54) is 64.2 Å². The third kappa shape index (κ3) is 31.4. The number of hydrogen-bond acceptors (Lipinski definition) is 9. The topological polar surface area (TPSA) is 179 Å². The summed E-state index contributed by atoms with van der Waals surface area (Å²) in [4.78, 5) is 57.7.